The normalized spacial score (nSPS) is 21.0. The van der Waals surface area contributed by atoms with Crippen LogP contribution in [-0.2, 0) is 14.4 Å². The zero-order chi connectivity index (χ0) is 20.7. The standard InChI is InChI=1S/C21H15FN2O3S2/c1-12-2-8-15(9-3-12)23-18(25)11-16(19(23)26)24-20(27)17(29-21(24)28)10-13-4-6-14(22)7-5-13/h2-10,16H,11H2,1H3/b17-10-. The van der Waals surface area contributed by atoms with Crippen molar-refractivity contribution in [2.45, 2.75) is 19.4 Å². The first-order chi connectivity index (χ1) is 13.8. The second-order valence-corrected chi connectivity index (χ2v) is 8.40. The van der Waals surface area contributed by atoms with E-state index in [4.69, 9.17) is 12.2 Å². The maximum absolute atomic E-state index is 13.1. The van der Waals surface area contributed by atoms with Gasteiger partial charge in [0.2, 0.25) is 5.91 Å². The van der Waals surface area contributed by atoms with Gasteiger partial charge in [0.25, 0.3) is 11.8 Å². The second-order valence-electron chi connectivity index (χ2n) is 6.73. The topological polar surface area (TPSA) is 57.7 Å². The summed E-state index contributed by atoms with van der Waals surface area (Å²) in [6, 6.07) is 11.8. The van der Waals surface area contributed by atoms with E-state index in [0.29, 0.717) is 16.2 Å². The van der Waals surface area contributed by atoms with Crippen LogP contribution in [0.3, 0.4) is 0 Å². The van der Waals surface area contributed by atoms with Gasteiger partial charge in [-0.25, -0.2) is 9.29 Å². The van der Waals surface area contributed by atoms with E-state index in [-0.39, 0.29) is 22.5 Å². The summed E-state index contributed by atoms with van der Waals surface area (Å²) in [6.07, 6.45) is 1.47. The van der Waals surface area contributed by atoms with Gasteiger partial charge in [0.1, 0.15) is 16.2 Å². The van der Waals surface area contributed by atoms with E-state index in [1.54, 1.807) is 30.3 Å². The minimum atomic E-state index is -0.963. The minimum absolute atomic E-state index is 0.122. The van der Waals surface area contributed by atoms with Crippen LogP contribution in [0.4, 0.5) is 10.1 Å². The number of carbonyl (C=O) groups is 3. The third-order valence-electron chi connectivity index (χ3n) is 4.72. The summed E-state index contributed by atoms with van der Waals surface area (Å²) in [5, 5.41) is 0. The molecule has 2 heterocycles. The Morgan fingerprint density at radius 2 is 1.72 bits per heavy atom. The number of rotatable bonds is 3. The molecule has 0 aliphatic carbocycles. The average Bonchev–Trinajstić information content (AvgIpc) is 3.12. The predicted octanol–water partition coefficient (Wildman–Crippen LogP) is 3.67. The zero-order valence-electron chi connectivity index (χ0n) is 15.3. The van der Waals surface area contributed by atoms with Gasteiger partial charge in [-0.15, -0.1) is 0 Å². The number of thiocarbonyl (C=S) groups is 1. The third-order valence-corrected chi connectivity index (χ3v) is 6.05. The number of benzene rings is 2. The molecule has 2 saturated heterocycles. The molecule has 2 aromatic carbocycles. The molecule has 1 atom stereocenters. The highest BCUT2D eigenvalue weighted by Crippen LogP contribution is 2.37. The molecule has 2 aromatic rings. The van der Waals surface area contributed by atoms with Crippen molar-refractivity contribution in [2.24, 2.45) is 0 Å². The molecule has 5 nitrogen and oxygen atoms in total. The Hall–Kier alpha value is -2.84. The fourth-order valence-electron chi connectivity index (χ4n) is 3.24. The number of carbonyl (C=O) groups excluding carboxylic acids is 3. The van der Waals surface area contributed by atoms with Crippen molar-refractivity contribution in [3.05, 3.63) is 70.4 Å². The third kappa shape index (κ3) is 3.61. The van der Waals surface area contributed by atoms with Crippen molar-refractivity contribution < 1.29 is 18.8 Å². The SMILES string of the molecule is Cc1ccc(N2C(=O)CC(N3C(=O)/C(=C/c4ccc(F)cc4)SC3=S)C2=O)cc1. The monoisotopic (exact) mass is 426 g/mol. The Morgan fingerprint density at radius 1 is 1.07 bits per heavy atom. The number of thioether (sulfide) groups is 1. The molecule has 2 aliphatic heterocycles. The fourth-order valence-corrected chi connectivity index (χ4v) is 4.60. The summed E-state index contributed by atoms with van der Waals surface area (Å²) in [4.78, 5) is 41.0. The van der Waals surface area contributed by atoms with E-state index in [2.05, 4.69) is 0 Å². The first-order valence-corrected chi connectivity index (χ1v) is 10.0. The Balaban J connectivity index is 1.59. The molecule has 0 aromatic heterocycles. The number of anilines is 1. The number of aryl methyl sites for hydroxylation is 1. The van der Waals surface area contributed by atoms with E-state index in [1.165, 1.54) is 17.0 Å². The quantitative estimate of drug-likeness (QED) is 0.426. The van der Waals surface area contributed by atoms with Crippen LogP contribution in [0.1, 0.15) is 17.5 Å². The number of imide groups is 1. The van der Waals surface area contributed by atoms with Gasteiger partial charge in [0.15, 0.2) is 0 Å². The number of hydrogen-bond acceptors (Lipinski definition) is 5. The first kappa shape index (κ1) is 19.5. The smallest absolute Gasteiger partial charge is 0.266 e. The van der Waals surface area contributed by atoms with Crippen LogP contribution in [-0.4, -0.2) is 33.0 Å². The maximum atomic E-state index is 13.1. The zero-order valence-corrected chi connectivity index (χ0v) is 16.9. The first-order valence-electron chi connectivity index (χ1n) is 8.81. The van der Waals surface area contributed by atoms with Gasteiger partial charge in [-0.2, -0.15) is 0 Å². The molecule has 0 saturated carbocycles. The van der Waals surface area contributed by atoms with Gasteiger partial charge in [-0.1, -0.05) is 53.8 Å². The lowest BCUT2D eigenvalue weighted by Gasteiger charge is -2.21. The van der Waals surface area contributed by atoms with Crippen molar-refractivity contribution in [1.29, 1.82) is 0 Å². The van der Waals surface area contributed by atoms with E-state index >= 15 is 0 Å². The minimum Gasteiger partial charge on any atom is -0.280 e. The van der Waals surface area contributed by atoms with E-state index in [0.717, 1.165) is 22.2 Å². The molecule has 0 radical (unpaired) electrons. The molecule has 1 unspecified atom stereocenters. The highest BCUT2D eigenvalue weighted by atomic mass is 32.2. The highest BCUT2D eigenvalue weighted by Gasteiger charge is 2.48. The Kier molecular flexibility index (Phi) is 5.06. The van der Waals surface area contributed by atoms with Crippen LogP contribution < -0.4 is 4.90 Å². The van der Waals surface area contributed by atoms with Gasteiger partial charge in [0, 0.05) is 0 Å². The Bertz CT molecular complexity index is 1060. The summed E-state index contributed by atoms with van der Waals surface area (Å²) < 4.78 is 13.3. The van der Waals surface area contributed by atoms with Gasteiger partial charge < -0.3 is 0 Å². The lowest BCUT2D eigenvalue weighted by Crippen LogP contribution is -2.44. The van der Waals surface area contributed by atoms with Crippen LogP contribution >= 0.6 is 24.0 Å². The molecule has 2 fully saturated rings. The average molecular weight is 426 g/mol. The molecule has 0 N–H and O–H groups in total. The van der Waals surface area contributed by atoms with Crippen LogP contribution in [0.25, 0.3) is 6.08 Å². The van der Waals surface area contributed by atoms with Crippen LogP contribution in [0, 0.1) is 12.7 Å². The van der Waals surface area contributed by atoms with Crippen LogP contribution in [0.2, 0.25) is 0 Å². The molecule has 0 bridgehead atoms. The number of hydrogen-bond donors (Lipinski definition) is 0. The molecule has 2 aliphatic rings. The maximum Gasteiger partial charge on any atom is 0.266 e. The van der Waals surface area contributed by atoms with E-state index < -0.39 is 17.9 Å². The van der Waals surface area contributed by atoms with Gasteiger partial charge in [-0.3, -0.25) is 19.3 Å². The van der Waals surface area contributed by atoms with Crippen LogP contribution in [0.5, 0.6) is 0 Å². The summed E-state index contributed by atoms with van der Waals surface area (Å²) in [5.41, 5.74) is 2.12. The summed E-state index contributed by atoms with van der Waals surface area (Å²) in [5.74, 6) is -1.65. The lowest BCUT2D eigenvalue weighted by atomic mass is 10.2. The molecule has 0 spiro atoms. The molecular formula is C21H15FN2O3S2. The fraction of sp³-hybridized carbons (Fsp3) is 0.143. The molecule has 29 heavy (non-hydrogen) atoms. The lowest BCUT2D eigenvalue weighted by molar-refractivity contribution is -0.129. The largest absolute Gasteiger partial charge is 0.280 e. The van der Waals surface area contributed by atoms with E-state index in [1.807, 2.05) is 19.1 Å². The predicted molar refractivity (Wildman–Crippen MR) is 113 cm³/mol. The molecule has 146 valence electrons. The Morgan fingerprint density at radius 3 is 2.38 bits per heavy atom. The van der Waals surface area contributed by atoms with Crippen molar-refractivity contribution in [1.82, 2.24) is 4.90 Å². The summed E-state index contributed by atoms with van der Waals surface area (Å²) in [7, 11) is 0. The summed E-state index contributed by atoms with van der Waals surface area (Å²) in [6.45, 7) is 1.91. The molecular weight excluding hydrogens is 411 g/mol. The molecule has 8 heteroatoms. The number of amides is 3. The van der Waals surface area contributed by atoms with Gasteiger partial charge in [-0.05, 0) is 42.8 Å². The van der Waals surface area contributed by atoms with Crippen molar-refractivity contribution in [2.75, 3.05) is 4.90 Å². The Labute approximate surface area is 176 Å². The van der Waals surface area contributed by atoms with Crippen LogP contribution in [0.15, 0.2) is 53.4 Å². The highest BCUT2D eigenvalue weighted by molar-refractivity contribution is 8.26. The number of nitrogens with zero attached hydrogens (tertiary/aromatic N) is 2. The van der Waals surface area contributed by atoms with Crippen molar-refractivity contribution in [3.63, 3.8) is 0 Å². The molecule has 4 rings (SSSR count). The van der Waals surface area contributed by atoms with Crippen molar-refractivity contribution in [3.8, 4) is 0 Å². The molecule has 3 amide bonds. The van der Waals surface area contributed by atoms with E-state index in [9.17, 15) is 18.8 Å². The van der Waals surface area contributed by atoms with Gasteiger partial charge in [0.05, 0.1) is 17.0 Å². The number of halogens is 1. The van der Waals surface area contributed by atoms with Gasteiger partial charge >= 0.3 is 0 Å². The second kappa shape index (κ2) is 7.53. The summed E-state index contributed by atoms with van der Waals surface area (Å²) >= 11 is 6.38. The van der Waals surface area contributed by atoms with Crippen molar-refractivity contribution >= 4 is 57.8 Å².